The number of nitrogens with zero attached hydrogens (tertiary/aromatic N) is 3. The van der Waals surface area contributed by atoms with E-state index in [2.05, 4.69) is 21.7 Å². The third-order valence-electron chi connectivity index (χ3n) is 3.95. The second kappa shape index (κ2) is 7.60. The summed E-state index contributed by atoms with van der Waals surface area (Å²) in [5.74, 6) is 0.0745. The summed E-state index contributed by atoms with van der Waals surface area (Å²) >= 11 is 1.70. The molecule has 0 aromatic carbocycles. The van der Waals surface area contributed by atoms with Gasteiger partial charge in [-0.25, -0.2) is 4.79 Å². The summed E-state index contributed by atoms with van der Waals surface area (Å²) < 4.78 is 0. The molecule has 0 bridgehead atoms. The van der Waals surface area contributed by atoms with Gasteiger partial charge in [0, 0.05) is 44.5 Å². The molecule has 0 saturated carbocycles. The van der Waals surface area contributed by atoms with Gasteiger partial charge in [0.05, 0.1) is 6.04 Å². The Morgan fingerprint density at radius 1 is 1.27 bits per heavy atom. The van der Waals surface area contributed by atoms with E-state index >= 15 is 0 Å². The summed E-state index contributed by atoms with van der Waals surface area (Å²) in [7, 11) is 4.03. The highest BCUT2D eigenvalue weighted by molar-refractivity contribution is 7.10. The molecule has 1 aliphatic heterocycles. The van der Waals surface area contributed by atoms with Crippen LogP contribution in [0.2, 0.25) is 0 Å². The van der Waals surface area contributed by atoms with E-state index in [4.69, 9.17) is 0 Å². The first-order chi connectivity index (χ1) is 10.5. The summed E-state index contributed by atoms with van der Waals surface area (Å²) in [5, 5.41) is 5.06. The molecule has 2 heterocycles. The number of hydrogen-bond acceptors (Lipinski definition) is 4. The lowest BCUT2D eigenvalue weighted by molar-refractivity contribution is -0.130. The number of hydrogen-bond donors (Lipinski definition) is 1. The van der Waals surface area contributed by atoms with Crippen molar-refractivity contribution in [1.29, 1.82) is 0 Å². The molecule has 2 rings (SSSR count). The maximum Gasteiger partial charge on any atom is 0.317 e. The number of rotatable bonds is 4. The molecule has 1 saturated heterocycles. The van der Waals surface area contributed by atoms with Crippen LogP contribution in [-0.2, 0) is 4.79 Å². The quantitative estimate of drug-likeness (QED) is 0.906. The molecule has 122 valence electrons. The topological polar surface area (TPSA) is 55.9 Å². The molecule has 1 aliphatic rings. The SMILES string of the molecule is CC(=O)N1CCN(C(=O)NCC(c2cccs2)N(C)C)CC1. The van der Waals surface area contributed by atoms with E-state index in [1.807, 2.05) is 20.2 Å². The summed E-state index contributed by atoms with van der Waals surface area (Å²) in [6.45, 7) is 4.57. The number of carbonyl (C=O) groups excluding carboxylic acids is 2. The number of piperazine rings is 1. The summed E-state index contributed by atoms with van der Waals surface area (Å²) in [5.41, 5.74) is 0. The standard InChI is InChI=1S/C15H24N4O2S/c1-12(20)18-6-8-19(9-7-18)15(21)16-11-13(17(2)3)14-5-4-10-22-14/h4-5,10,13H,6-9,11H2,1-3H3,(H,16,21). The van der Waals surface area contributed by atoms with Gasteiger partial charge in [0.15, 0.2) is 0 Å². The van der Waals surface area contributed by atoms with Crippen molar-refractivity contribution in [2.24, 2.45) is 0 Å². The first-order valence-corrected chi connectivity index (χ1v) is 8.35. The second-order valence-corrected chi connectivity index (χ2v) is 6.65. The van der Waals surface area contributed by atoms with E-state index in [9.17, 15) is 9.59 Å². The van der Waals surface area contributed by atoms with Gasteiger partial charge < -0.3 is 20.0 Å². The van der Waals surface area contributed by atoms with Crippen LogP contribution in [0.1, 0.15) is 17.8 Å². The zero-order chi connectivity index (χ0) is 16.1. The maximum absolute atomic E-state index is 12.3. The number of carbonyl (C=O) groups is 2. The van der Waals surface area contributed by atoms with Gasteiger partial charge in [-0.3, -0.25) is 4.79 Å². The van der Waals surface area contributed by atoms with Crippen LogP contribution >= 0.6 is 11.3 Å². The fourth-order valence-corrected chi connectivity index (χ4v) is 3.46. The van der Waals surface area contributed by atoms with Gasteiger partial charge in [0.1, 0.15) is 0 Å². The molecule has 0 spiro atoms. The van der Waals surface area contributed by atoms with Gasteiger partial charge in [-0.2, -0.15) is 0 Å². The third-order valence-corrected chi connectivity index (χ3v) is 4.93. The van der Waals surface area contributed by atoms with Gasteiger partial charge in [-0.15, -0.1) is 11.3 Å². The minimum absolute atomic E-state index is 0.0494. The van der Waals surface area contributed by atoms with Gasteiger partial charge >= 0.3 is 6.03 Å². The van der Waals surface area contributed by atoms with Crippen molar-refractivity contribution in [1.82, 2.24) is 20.0 Å². The summed E-state index contributed by atoms with van der Waals surface area (Å²) in [4.78, 5) is 30.5. The zero-order valence-corrected chi connectivity index (χ0v) is 14.2. The Kier molecular flexibility index (Phi) is 5.79. The van der Waals surface area contributed by atoms with E-state index in [0.717, 1.165) is 0 Å². The minimum atomic E-state index is -0.0494. The maximum atomic E-state index is 12.3. The highest BCUT2D eigenvalue weighted by atomic mass is 32.1. The molecule has 22 heavy (non-hydrogen) atoms. The van der Waals surface area contributed by atoms with Gasteiger partial charge in [-0.05, 0) is 25.5 Å². The molecular weight excluding hydrogens is 300 g/mol. The molecule has 1 N–H and O–H groups in total. The second-order valence-electron chi connectivity index (χ2n) is 5.67. The first-order valence-electron chi connectivity index (χ1n) is 7.47. The van der Waals surface area contributed by atoms with E-state index in [1.165, 1.54) is 4.88 Å². The molecule has 0 radical (unpaired) electrons. The Labute approximate surface area is 135 Å². The van der Waals surface area contributed by atoms with Gasteiger partial charge in [0.2, 0.25) is 5.91 Å². The van der Waals surface area contributed by atoms with Crippen LogP contribution in [0.4, 0.5) is 4.79 Å². The Morgan fingerprint density at radius 2 is 1.91 bits per heavy atom. The van der Waals surface area contributed by atoms with Crippen molar-refractivity contribution >= 4 is 23.3 Å². The minimum Gasteiger partial charge on any atom is -0.339 e. The molecule has 1 aromatic rings. The van der Waals surface area contributed by atoms with Crippen molar-refractivity contribution in [3.05, 3.63) is 22.4 Å². The van der Waals surface area contributed by atoms with Gasteiger partial charge in [0.25, 0.3) is 0 Å². The molecule has 1 unspecified atom stereocenters. The number of amides is 3. The van der Waals surface area contributed by atoms with E-state index in [0.29, 0.717) is 32.7 Å². The monoisotopic (exact) mass is 324 g/mol. The molecule has 3 amide bonds. The van der Waals surface area contributed by atoms with Crippen molar-refractivity contribution in [3.8, 4) is 0 Å². The van der Waals surface area contributed by atoms with Crippen LogP contribution in [0.15, 0.2) is 17.5 Å². The predicted molar refractivity (Wildman–Crippen MR) is 88.0 cm³/mol. The third kappa shape index (κ3) is 4.20. The fourth-order valence-electron chi connectivity index (χ4n) is 2.54. The van der Waals surface area contributed by atoms with Crippen LogP contribution in [-0.4, -0.2) is 73.5 Å². The average molecular weight is 324 g/mol. The van der Waals surface area contributed by atoms with E-state index < -0.39 is 0 Å². The number of urea groups is 1. The van der Waals surface area contributed by atoms with Crippen LogP contribution in [0.3, 0.4) is 0 Å². The normalized spacial score (nSPS) is 16.7. The summed E-state index contributed by atoms with van der Waals surface area (Å²) in [6, 6.07) is 4.25. The lowest BCUT2D eigenvalue weighted by Crippen LogP contribution is -2.53. The average Bonchev–Trinajstić information content (AvgIpc) is 3.01. The highest BCUT2D eigenvalue weighted by Crippen LogP contribution is 2.22. The zero-order valence-electron chi connectivity index (χ0n) is 13.4. The largest absolute Gasteiger partial charge is 0.339 e. The van der Waals surface area contributed by atoms with E-state index in [1.54, 1.807) is 28.1 Å². The Bertz CT molecular complexity index is 496. The van der Waals surface area contributed by atoms with Crippen molar-refractivity contribution in [3.63, 3.8) is 0 Å². The van der Waals surface area contributed by atoms with Crippen LogP contribution in [0, 0.1) is 0 Å². The van der Waals surface area contributed by atoms with Crippen LogP contribution in [0.25, 0.3) is 0 Å². The number of likely N-dealkylation sites (N-methyl/N-ethyl adjacent to an activating group) is 1. The molecule has 1 aromatic heterocycles. The van der Waals surface area contributed by atoms with Crippen LogP contribution < -0.4 is 5.32 Å². The highest BCUT2D eigenvalue weighted by Gasteiger charge is 2.23. The van der Waals surface area contributed by atoms with Crippen molar-refractivity contribution in [2.75, 3.05) is 46.8 Å². The van der Waals surface area contributed by atoms with E-state index in [-0.39, 0.29) is 18.0 Å². The number of thiophene rings is 1. The first kappa shape index (κ1) is 16.8. The number of nitrogens with one attached hydrogen (secondary N) is 1. The van der Waals surface area contributed by atoms with Gasteiger partial charge in [-0.1, -0.05) is 6.07 Å². The van der Waals surface area contributed by atoms with Crippen LogP contribution in [0.5, 0.6) is 0 Å². The Hall–Kier alpha value is -1.60. The fraction of sp³-hybridized carbons (Fsp3) is 0.600. The Morgan fingerprint density at radius 3 is 2.41 bits per heavy atom. The molecule has 7 heteroatoms. The molecule has 1 atom stereocenters. The van der Waals surface area contributed by atoms with Crippen molar-refractivity contribution in [2.45, 2.75) is 13.0 Å². The smallest absolute Gasteiger partial charge is 0.317 e. The molecular formula is C15H24N4O2S. The predicted octanol–water partition coefficient (Wildman–Crippen LogP) is 1.22. The molecule has 0 aliphatic carbocycles. The van der Waals surface area contributed by atoms with Crippen molar-refractivity contribution < 1.29 is 9.59 Å². The summed E-state index contributed by atoms with van der Waals surface area (Å²) in [6.07, 6.45) is 0. The lowest BCUT2D eigenvalue weighted by Gasteiger charge is -2.34. The molecule has 6 nitrogen and oxygen atoms in total. The Balaban J connectivity index is 1.83. The molecule has 1 fully saturated rings. The lowest BCUT2D eigenvalue weighted by atomic mass is 10.2.